The molecule has 1 fully saturated rings. The Bertz CT molecular complexity index is 512. The van der Waals surface area contributed by atoms with Gasteiger partial charge >= 0.3 is 11.9 Å². The van der Waals surface area contributed by atoms with Crippen LogP contribution >= 0.6 is 11.6 Å². The zero-order chi connectivity index (χ0) is 15.8. The second-order valence-electron chi connectivity index (χ2n) is 4.46. The molecule has 1 N–H and O–H groups in total. The normalized spacial score (nSPS) is 18.7. The van der Waals surface area contributed by atoms with Gasteiger partial charge in [-0.05, 0) is 24.6 Å². The molecule has 1 rings (SSSR count). The lowest BCUT2D eigenvalue weighted by Crippen LogP contribution is -2.05. The third-order valence-corrected chi connectivity index (χ3v) is 2.79. The highest BCUT2D eigenvalue weighted by molar-refractivity contribution is 6.30. The van der Waals surface area contributed by atoms with Crippen molar-refractivity contribution in [1.29, 1.82) is 0 Å². The van der Waals surface area contributed by atoms with E-state index < -0.39 is 11.9 Å². The molecular formula is C15H17ClO5. The largest absolute Gasteiger partial charge is 0.481 e. The molecule has 0 aliphatic carbocycles. The van der Waals surface area contributed by atoms with Crippen molar-refractivity contribution in [3.05, 3.63) is 47.2 Å². The molecule has 1 aliphatic rings. The summed E-state index contributed by atoms with van der Waals surface area (Å²) in [4.78, 5) is 22.2. The summed E-state index contributed by atoms with van der Waals surface area (Å²) in [6, 6.07) is 0. The third kappa shape index (κ3) is 7.48. The predicted octanol–water partition coefficient (Wildman–Crippen LogP) is 2.93. The summed E-state index contributed by atoms with van der Waals surface area (Å²) in [5.74, 6) is -1.54. The molecule has 1 atom stereocenters. The van der Waals surface area contributed by atoms with Crippen molar-refractivity contribution in [2.45, 2.75) is 25.9 Å². The first-order chi connectivity index (χ1) is 9.90. The number of carboxylic acids is 1. The summed E-state index contributed by atoms with van der Waals surface area (Å²) < 4.78 is 10.0. The van der Waals surface area contributed by atoms with Gasteiger partial charge in [-0.1, -0.05) is 24.3 Å². The average molecular weight is 313 g/mol. The third-order valence-electron chi connectivity index (χ3n) is 2.67. The lowest BCUT2D eigenvalue weighted by molar-refractivity contribution is -0.136. The van der Waals surface area contributed by atoms with E-state index in [-0.39, 0.29) is 12.5 Å². The molecule has 1 saturated heterocycles. The maximum atomic E-state index is 11.9. The molecule has 114 valence electrons. The molecule has 5 nitrogen and oxygen atoms in total. The van der Waals surface area contributed by atoms with Crippen LogP contribution in [0.5, 0.6) is 0 Å². The topological polar surface area (TPSA) is 76.1 Å². The molecule has 0 bridgehead atoms. The highest BCUT2D eigenvalue weighted by Crippen LogP contribution is 2.23. The van der Waals surface area contributed by atoms with Crippen LogP contribution in [0.2, 0.25) is 0 Å². The smallest absolute Gasteiger partial charge is 0.338 e. The number of halogens is 1. The van der Waals surface area contributed by atoms with Crippen LogP contribution in [-0.4, -0.2) is 29.8 Å². The van der Waals surface area contributed by atoms with Crippen LogP contribution in [0.15, 0.2) is 47.2 Å². The highest BCUT2D eigenvalue weighted by atomic mass is 35.5. The predicted molar refractivity (Wildman–Crippen MR) is 78.7 cm³/mol. The molecule has 0 aromatic rings. The standard InChI is InChI=1S/C15H17ClO5/c1-10(16)5-6-12(8-13-9-21-13)11(2)15(19)20-7-3-4-14(17)18/h3,5-7,13H,1,4,8-9H2,2H3,(H,17,18). The average Bonchev–Trinajstić information content (AvgIpc) is 3.22. The van der Waals surface area contributed by atoms with Crippen LogP contribution in [0.4, 0.5) is 0 Å². The van der Waals surface area contributed by atoms with Crippen molar-refractivity contribution in [2.24, 2.45) is 0 Å². The second-order valence-corrected chi connectivity index (χ2v) is 4.95. The number of carboxylic acid groups (broad SMARTS) is 1. The van der Waals surface area contributed by atoms with E-state index in [1.165, 1.54) is 6.08 Å². The molecule has 1 heterocycles. The minimum atomic E-state index is -0.996. The molecule has 0 aromatic heterocycles. The zero-order valence-corrected chi connectivity index (χ0v) is 12.4. The van der Waals surface area contributed by atoms with Crippen LogP contribution in [0, 0.1) is 0 Å². The summed E-state index contributed by atoms with van der Waals surface area (Å²) in [5.41, 5.74) is 1.16. The fourth-order valence-electron chi connectivity index (χ4n) is 1.45. The van der Waals surface area contributed by atoms with Gasteiger partial charge in [0.25, 0.3) is 0 Å². The summed E-state index contributed by atoms with van der Waals surface area (Å²) in [6.07, 6.45) is 6.12. The van der Waals surface area contributed by atoms with Gasteiger partial charge in [0.05, 0.1) is 25.4 Å². The number of carbonyl (C=O) groups is 2. The van der Waals surface area contributed by atoms with Gasteiger partial charge in [-0.15, -0.1) is 0 Å². The Balaban J connectivity index is 2.71. The SMILES string of the molecule is C=C(Cl)C=CC(CC1CO1)=C(C)C(=O)OC=CCC(=O)O. The lowest BCUT2D eigenvalue weighted by Gasteiger charge is -2.06. The van der Waals surface area contributed by atoms with Crippen molar-refractivity contribution < 1.29 is 24.2 Å². The molecule has 1 aliphatic heterocycles. The zero-order valence-electron chi connectivity index (χ0n) is 11.7. The fourth-order valence-corrected chi connectivity index (χ4v) is 1.51. The van der Waals surface area contributed by atoms with Crippen LogP contribution < -0.4 is 0 Å². The van der Waals surface area contributed by atoms with Crippen LogP contribution in [0.3, 0.4) is 0 Å². The van der Waals surface area contributed by atoms with Gasteiger partial charge in [-0.3, -0.25) is 4.79 Å². The monoisotopic (exact) mass is 312 g/mol. The summed E-state index contributed by atoms with van der Waals surface area (Å²) in [7, 11) is 0. The van der Waals surface area contributed by atoms with Crippen LogP contribution in [0.25, 0.3) is 0 Å². The molecule has 0 saturated carbocycles. The van der Waals surface area contributed by atoms with Crippen LogP contribution in [0.1, 0.15) is 19.8 Å². The van der Waals surface area contributed by atoms with Gasteiger partial charge in [0.2, 0.25) is 0 Å². The van der Waals surface area contributed by atoms with Crippen molar-refractivity contribution in [3.63, 3.8) is 0 Å². The van der Waals surface area contributed by atoms with Gasteiger partial charge in [0.1, 0.15) is 0 Å². The quantitative estimate of drug-likeness (QED) is 0.245. The number of allylic oxidation sites excluding steroid dienone is 3. The molecule has 1 unspecified atom stereocenters. The van der Waals surface area contributed by atoms with Gasteiger partial charge in [0, 0.05) is 17.0 Å². The molecule has 0 amide bonds. The van der Waals surface area contributed by atoms with E-state index in [0.29, 0.717) is 23.6 Å². The Morgan fingerprint density at radius 3 is 2.67 bits per heavy atom. The highest BCUT2D eigenvalue weighted by Gasteiger charge is 2.25. The minimum absolute atomic E-state index is 0.110. The van der Waals surface area contributed by atoms with E-state index in [1.807, 2.05) is 0 Å². The molecular weight excluding hydrogens is 296 g/mol. The molecule has 21 heavy (non-hydrogen) atoms. The Hall–Kier alpha value is -1.85. The number of hydrogen-bond donors (Lipinski definition) is 1. The van der Waals surface area contributed by atoms with E-state index in [0.717, 1.165) is 11.8 Å². The van der Waals surface area contributed by atoms with Gasteiger partial charge in [-0.2, -0.15) is 0 Å². The van der Waals surface area contributed by atoms with Gasteiger partial charge < -0.3 is 14.6 Å². The first-order valence-corrected chi connectivity index (χ1v) is 6.69. The number of carbonyl (C=O) groups excluding carboxylic acids is 1. The molecule has 6 heteroatoms. The number of ether oxygens (including phenoxy) is 2. The summed E-state index contributed by atoms with van der Waals surface area (Å²) >= 11 is 5.67. The molecule has 0 aromatic carbocycles. The summed E-state index contributed by atoms with van der Waals surface area (Å²) in [6.45, 7) is 5.84. The molecule has 0 spiro atoms. The maximum Gasteiger partial charge on any atom is 0.338 e. The van der Waals surface area contributed by atoms with Gasteiger partial charge in [-0.25, -0.2) is 4.79 Å². The van der Waals surface area contributed by atoms with Crippen molar-refractivity contribution in [3.8, 4) is 0 Å². The van der Waals surface area contributed by atoms with E-state index in [4.69, 9.17) is 26.2 Å². The van der Waals surface area contributed by atoms with Crippen molar-refractivity contribution in [2.75, 3.05) is 6.61 Å². The number of hydrogen-bond acceptors (Lipinski definition) is 4. The Labute approximate surface area is 128 Å². The fraction of sp³-hybridized carbons (Fsp3) is 0.333. The van der Waals surface area contributed by atoms with E-state index in [2.05, 4.69) is 6.58 Å². The van der Waals surface area contributed by atoms with E-state index in [1.54, 1.807) is 19.1 Å². The van der Waals surface area contributed by atoms with Crippen molar-refractivity contribution >= 4 is 23.5 Å². The van der Waals surface area contributed by atoms with E-state index in [9.17, 15) is 9.59 Å². The number of aliphatic carboxylic acids is 1. The number of epoxide rings is 1. The lowest BCUT2D eigenvalue weighted by atomic mass is 10.0. The van der Waals surface area contributed by atoms with Crippen molar-refractivity contribution in [1.82, 2.24) is 0 Å². The first kappa shape index (κ1) is 17.2. The molecule has 0 radical (unpaired) electrons. The van der Waals surface area contributed by atoms with Gasteiger partial charge in [0.15, 0.2) is 0 Å². The number of rotatable bonds is 8. The second kappa shape index (κ2) is 8.44. The number of esters is 1. The maximum absolute atomic E-state index is 11.9. The van der Waals surface area contributed by atoms with E-state index >= 15 is 0 Å². The van der Waals surface area contributed by atoms with Crippen LogP contribution in [-0.2, 0) is 19.1 Å². The first-order valence-electron chi connectivity index (χ1n) is 6.31. The minimum Gasteiger partial charge on any atom is -0.481 e. The Morgan fingerprint density at radius 2 is 2.14 bits per heavy atom. The summed E-state index contributed by atoms with van der Waals surface area (Å²) in [5, 5.41) is 8.81. The Kier molecular flexibility index (Phi) is 6.91. The Morgan fingerprint density at radius 1 is 1.48 bits per heavy atom.